The molecule has 1 aliphatic heterocycles. The number of cyclic esters (lactones) is 1. The van der Waals surface area contributed by atoms with Gasteiger partial charge in [-0.05, 0) is 34.2 Å². The summed E-state index contributed by atoms with van der Waals surface area (Å²) in [7, 11) is 0. The van der Waals surface area contributed by atoms with E-state index in [0.717, 1.165) is 16.7 Å². The first-order valence-corrected chi connectivity index (χ1v) is 10.2. The molecule has 1 aliphatic rings. The smallest absolute Gasteiger partial charge is 0.328 e. The molecule has 0 aromatic heterocycles. The van der Waals surface area contributed by atoms with E-state index in [-0.39, 0.29) is 17.2 Å². The predicted molar refractivity (Wildman–Crippen MR) is 117 cm³/mol. The van der Waals surface area contributed by atoms with Crippen molar-refractivity contribution in [1.82, 2.24) is 5.32 Å². The van der Waals surface area contributed by atoms with Gasteiger partial charge in [-0.2, -0.15) is 0 Å². The van der Waals surface area contributed by atoms with E-state index in [4.69, 9.17) is 4.74 Å². The van der Waals surface area contributed by atoms with Gasteiger partial charge in [0, 0.05) is 5.56 Å². The summed E-state index contributed by atoms with van der Waals surface area (Å²) in [6, 6.07) is 24.2. The topological polar surface area (TPSA) is 58.6 Å². The Balaban J connectivity index is 1.75. The molecule has 0 spiro atoms. The van der Waals surface area contributed by atoms with Gasteiger partial charge in [-0.25, -0.2) is 4.79 Å². The van der Waals surface area contributed by atoms with Crippen LogP contribution in [0.25, 0.3) is 0 Å². The lowest BCUT2D eigenvalue weighted by atomic mass is 9.84. The molecular weight excluding hydrogens is 374 g/mol. The van der Waals surface area contributed by atoms with Crippen molar-refractivity contribution in [1.29, 1.82) is 0 Å². The number of ether oxygens (including phenoxy) is 1. The normalized spacial score (nSPS) is 21.8. The lowest BCUT2D eigenvalue weighted by Gasteiger charge is -2.37. The molecule has 4 heteroatoms. The fourth-order valence-electron chi connectivity index (χ4n) is 3.90. The zero-order chi connectivity index (χ0) is 21.3. The Labute approximate surface area is 177 Å². The average Bonchev–Trinajstić information content (AvgIpc) is 2.74. The number of carbonyl (C=O) groups is 1. The first-order valence-electron chi connectivity index (χ1n) is 10.2. The molecule has 4 nitrogen and oxygen atoms in total. The summed E-state index contributed by atoms with van der Waals surface area (Å²) in [5.41, 5.74) is 3.44. The number of benzene rings is 3. The van der Waals surface area contributed by atoms with Gasteiger partial charge >= 0.3 is 5.97 Å². The number of phenolic OH excluding ortho intramolecular Hbond substituents is 1. The van der Waals surface area contributed by atoms with Crippen molar-refractivity contribution in [2.24, 2.45) is 0 Å². The van der Waals surface area contributed by atoms with Crippen LogP contribution in [0.1, 0.15) is 61.2 Å². The van der Waals surface area contributed by atoms with Crippen molar-refractivity contribution >= 4 is 5.97 Å². The highest BCUT2D eigenvalue weighted by Gasteiger charge is 2.40. The zero-order valence-electron chi connectivity index (χ0n) is 17.5. The zero-order valence-corrected chi connectivity index (χ0v) is 17.5. The molecule has 1 fully saturated rings. The van der Waals surface area contributed by atoms with Crippen LogP contribution in [0.15, 0.2) is 78.9 Å². The number of nitrogens with one attached hydrogen (secondary N) is 1. The molecule has 0 radical (unpaired) electrons. The number of esters is 1. The fourth-order valence-corrected chi connectivity index (χ4v) is 3.90. The van der Waals surface area contributed by atoms with Crippen LogP contribution in [0.5, 0.6) is 5.75 Å². The number of morpholine rings is 1. The van der Waals surface area contributed by atoms with E-state index in [1.165, 1.54) is 0 Å². The molecule has 3 aromatic carbocycles. The number of carbonyl (C=O) groups excluding carboxylic acids is 1. The number of phenols is 1. The summed E-state index contributed by atoms with van der Waals surface area (Å²) < 4.78 is 5.97. The van der Waals surface area contributed by atoms with Gasteiger partial charge in [-0.3, -0.25) is 5.32 Å². The highest BCUT2D eigenvalue weighted by atomic mass is 16.5. The van der Waals surface area contributed by atoms with Crippen LogP contribution in [-0.2, 0) is 14.9 Å². The first kappa shape index (κ1) is 20.2. The van der Waals surface area contributed by atoms with Crippen molar-refractivity contribution in [3.8, 4) is 5.75 Å². The second kappa shape index (κ2) is 7.96. The number of aromatic hydroxyl groups is 1. The van der Waals surface area contributed by atoms with Gasteiger partial charge in [-0.15, -0.1) is 0 Å². The van der Waals surface area contributed by atoms with Crippen LogP contribution < -0.4 is 5.32 Å². The van der Waals surface area contributed by atoms with Gasteiger partial charge in [0.25, 0.3) is 0 Å². The summed E-state index contributed by atoms with van der Waals surface area (Å²) in [6.07, 6.45) is -0.453. The molecule has 3 aromatic rings. The molecule has 0 bridgehead atoms. The third-order valence-corrected chi connectivity index (χ3v) is 5.62. The Bertz CT molecular complexity index is 1030. The maximum Gasteiger partial charge on any atom is 0.328 e. The molecule has 1 saturated heterocycles. The molecule has 1 heterocycles. The van der Waals surface area contributed by atoms with Crippen LogP contribution in [0.4, 0.5) is 0 Å². The summed E-state index contributed by atoms with van der Waals surface area (Å²) in [5.74, 6) is -0.306. The average molecular weight is 402 g/mol. The van der Waals surface area contributed by atoms with Crippen molar-refractivity contribution in [3.63, 3.8) is 0 Å². The van der Waals surface area contributed by atoms with Crippen molar-refractivity contribution in [2.45, 2.75) is 44.4 Å². The van der Waals surface area contributed by atoms with E-state index in [2.05, 4.69) is 26.1 Å². The molecule has 3 atom stereocenters. The highest BCUT2D eigenvalue weighted by molar-refractivity contribution is 5.80. The second-order valence-electron chi connectivity index (χ2n) is 8.78. The van der Waals surface area contributed by atoms with Gasteiger partial charge in [0.1, 0.15) is 17.9 Å². The second-order valence-corrected chi connectivity index (χ2v) is 8.78. The van der Waals surface area contributed by atoms with Gasteiger partial charge in [-0.1, -0.05) is 87.5 Å². The Hall–Kier alpha value is -3.11. The summed E-state index contributed by atoms with van der Waals surface area (Å²) in [4.78, 5) is 13.1. The maximum absolute atomic E-state index is 13.1. The lowest BCUT2D eigenvalue weighted by molar-refractivity contribution is -0.161. The molecular formula is C26H27NO3. The number of hydrogen-bond acceptors (Lipinski definition) is 4. The SMILES string of the molecule is CC(C)(C)c1ccc(O)c([C@@H]2N[C@@H](c3ccccc3)[C@@H](c3ccccc3)OC2=O)c1. The number of hydrogen-bond donors (Lipinski definition) is 2. The molecule has 4 rings (SSSR count). The van der Waals surface area contributed by atoms with Gasteiger partial charge in [0.2, 0.25) is 0 Å². The maximum atomic E-state index is 13.1. The minimum absolute atomic E-state index is 0.0856. The molecule has 2 N–H and O–H groups in total. The predicted octanol–water partition coefficient (Wildman–Crippen LogP) is 5.36. The third-order valence-electron chi connectivity index (χ3n) is 5.62. The quantitative estimate of drug-likeness (QED) is 0.580. The van der Waals surface area contributed by atoms with Gasteiger partial charge in [0.05, 0.1) is 6.04 Å². The van der Waals surface area contributed by atoms with Crippen LogP contribution >= 0.6 is 0 Å². The number of rotatable bonds is 3. The Morgan fingerprint density at radius 3 is 2.07 bits per heavy atom. The van der Waals surface area contributed by atoms with E-state index in [9.17, 15) is 9.90 Å². The van der Waals surface area contributed by atoms with E-state index < -0.39 is 18.1 Å². The molecule has 0 amide bonds. The lowest BCUT2D eigenvalue weighted by Crippen LogP contribution is -2.43. The van der Waals surface area contributed by atoms with Crippen molar-refractivity contribution in [3.05, 3.63) is 101 Å². The third kappa shape index (κ3) is 3.96. The Morgan fingerprint density at radius 1 is 0.867 bits per heavy atom. The Kier molecular flexibility index (Phi) is 5.35. The highest BCUT2D eigenvalue weighted by Crippen LogP contribution is 2.41. The fraction of sp³-hybridized carbons (Fsp3) is 0.269. The molecule has 30 heavy (non-hydrogen) atoms. The van der Waals surface area contributed by atoms with E-state index >= 15 is 0 Å². The van der Waals surface area contributed by atoms with Crippen molar-refractivity contribution < 1.29 is 14.6 Å². The summed E-state index contributed by atoms with van der Waals surface area (Å²) >= 11 is 0. The first-order chi connectivity index (χ1) is 14.3. The van der Waals surface area contributed by atoms with E-state index in [0.29, 0.717) is 5.56 Å². The Morgan fingerprint density at radius 2 is 1.47 bits per heavy atom. The summed E-state index contributed by atoms with van der Waals surface area (Å²) in [6.45, 7) is 6.32. The largest absolute Gasteiger partial charge is 0.508 e. The summed E-state index contributed by atoms with van der Waals surface area (Å²) in [5, 5.41) is 14.0. The molecule has 154 valence electrons. The van der Waals surface area contributed by atoms with Gasteiger partial charge in [0.15, 0.2) is 0 Å². The van der Waals surface area contributed by atoms with Crippen LogP contribution in [0, 0.1) is 0 Å². The molecule has 0 unspecified atom stereocenters. The molecule has 0 saturated carbocycles. The van der Waals surface area contributed by atoms with E-state index in [1.807, 2.05) is 72.8 Å². The van der Waals surface area contributed by atoms with Gasteiger partial charge < -0.3 is 9.84 Å². The minimum atomic E-state index is -0.752. The van der Waals surface area contributed by atoms with Crippen LogP contribution in [0.3, 0.4) is 0 Å². The van der Waals surface area contributed by atoms with Crippen LogP contribution in [-0.4, -0.2) is 11.1 Å². The monoisotopic (exact) mass is 401 g/mol. The van der Waals surface area contributed by atoms with Crippen molar-refractivity contribution in [2.75, 3.05) is 0 Å². The minimum Gasteiger partial charge on any atom is -0.508 e. The van der Waals surface area contributed by atoms with E-state index in [1.54, 1.807) is 6.07 Å². The molecule has 0 aliphatic carbocycles. The standard InChI is InChI=1S/C26H27NO3/c1-26(2,3)19-14-15-21(28)20(16-19)23-25(29)30-24(18-12-8-5-9-13-18)22(27-23)17-10-6-4-7-11-17/h4-16,22-24,27-28H,1-3H3/t22-,23-,24+/m0/s1. The van der Waals surface area contributed by atoms with Crippen LogP contribution in [0.2, 0.25) is 0 Å².